The number of aliphatic hydroxyl groups is 4. The standard InChI is InChI=1S/C20H26N10O15P2/c21-19-25-13-7(15(35)27-19)23-3-29(13)17-11(34)9(32)6(43-17)2-41-46(37,38)45-47(39,40)44-12-10(33)5(1-31)42-18(12)30-4-24-8-14(30)26-20(22)28-16(8)36/h3-6,9-12,17-18,31-34H,1-2H2,(H,37,38)(H,39,40)(H3,21,25,27,35)(H3,22,26,28,36)/t5-,6-,9-,10-,11-,12-,17-,18-/m1/s1. The van der Waals surface area contributed by atoms with Crippen molar-refractivity contribution in [2.24, 2.45) is 0 Å². The monoisotopic (exact) mass is 708 g/mol. The molecule has 6 rings (SSSR count). The smallest absolute Gasteiger partial charge is 0.394 e. The molecule has 27 heteroatoms. The van der Waals surface area contributed by atoms with Gasteiger partial charge in [0.25, 0.3) is 11.1 Å². The van der Waals surface area contributed by atoms with E-state index in [1.807, 2.05) is 0 Å². The summed E-state index contributed by atoms with van der Waals surface area (Å²) >= 11 is 0. The van der Waals surface area contributed by atoms with Crippen molar-refractivity contribution in [3.63, 3.8) is 0 Å². The second kappa shape index (κ2) is 12.1. The zero-order valence-corrected chi connectivity index (χ0v) is 25.1. The molecule has 4 aromatic heterocycles. The molecule has 2 unspecified atom stereocenters. The fourth-order valence-corrected chi connectivity index (χ4v) is 7.31. The van der Waals surface area contributed by atoms with Crippen LogP contribution in [0.2, 0.25) is 0 Å². The minimum atomic E-state index is -5.66. The number of anilines is 2. The number of H-pyrrole nitrogens is 2. The highest BCUT2D eigenvalue weighted by molar-refractivity contribution is 7.61. The highest BCUT2D eigenvalue weighted by atomic mass is 31.3. The van der Waals surface area contributed by atoms with Crippen LogP contribution in [0.4, 0.5) is 11.9 Å². The summed E-state index contributed by atoms with van der Waals surface area (Å²) in [5.74, 6) is -0.616. The second-order valence-corrected chi connectivity index (χ2v) is 13.2. The van der Waals surface area contributed by atoms with Crippen LogP contribution in [0.25, 0.3) is 22.3 Å². The van der Waals surface area contributed by atoms with E-state index in [-0.39, 0.29) is 34.2 Å². The number of hydrogen-bond donors (Lipinski definition) is 10. The first-order chi connectivity index (χ1) is 22.1. The summed E-state index contributed by atoms with van der Waals surface area (Å²) in [5, 5.41) is 41.3. The number of phosphoric ester groups is 2. The van der Waals surface area contributed by atoms with Crippen molar-refractivity contribution < 1.29 is 62.2 Å². The van der Waals surface area contributed by atoms with Gasteiger partial charge >= 0.3 is 15.6 Å². The van der Waals surface area contributed by atoms with Crippen molar-refractivity contribution in [1.82, 2.24) is 39.0 Å². The Hall–Kier alpha value is -3.68. The van der Waals surface area contributed by atoms with Crippen LogP contribution in [-0.4, -0.2) is 119 Å². The molecule has 0 spiro atoms. The molecule has 2 aliphatic heterocycles. The van der Waals surface area contributed by atoms with Crippen molar-refractivity contribution in [3.8, 4) is 0 Å². The molecule has 2 saturated heterocycles. The van der Waals surface area contributed by atoms with Crippen molar-refractivity contribution in [2.75, 3.05) is 24.7 Å². The predicted molar refractivity (Wildman–Crippen MR) is 150 cm³/mol. The Balaban J connectivity index is 1.15. The number of aliphatic hydroxyl groups excluding tert-OH is 4. The van der Waals surface area contributed by atoms with Crippen LogP contribution in [0.5, 0.6) is 0 Å². The SMILES string of the molecule is Nc1nc2c(ncn2[C@@H]2O[C@H](COP(=O)(O)OP(=O)(O)O[C@@H]3[C@H](O)[C@@H](CO)O[C@H]3n3cnc4c(=O)[nH]c(N)nc43)[C@@H](O)[C@H]2O)c(=O)[nH]1. The van der Waals surface area contributed by atoms with E-state index in [4.69, 9.17) is 30.0 Å². The number of fused-ring (bicyclic) bond motifs is 2. The number of rotatable bonds is 10. The fraction of sp³-hybridized carbons (Fsp3) is 0.500. The molecule has 25 nitrogen and oxygen atoms in total. The van der Waals surface area contributed by atoms with Gasteiger partial charge in [-0.2, -0.15) is 14.3 Å². The number of nitrogens with zero attached hydrogens (tertiary/aromatic N) is 6. The van der Waals surface area contributed by atoms with E-state index in [9.17, 15) is 48.9 Å². The number of aromatic nitrogens is 8. The molecule has 256 valence electrons. The predicted octanol–water partition coefficient (Wildman–Crippen LogP) is -4.09. The molecule has 0 aromatic carbocycles. The van der Waals surface area contributed by atoms with Crippen LogP contribution in [0, 0.1) is 0 Å². The number of ether oxygens (including phenoxy) is 2. The minimum Gasteiger partial charge on any atom is -0.394 e. The van der Waals surface area contributed by atoms with E-state index in [2.05, 4.69) is 34.2 Å². The average Bonchev–Trinajstić information content (AvgIpc) is 3.73. The summed E-state index contributed by atoms with van der Waals surface area (Å²) in [7, 11) is -11.2. The number of phosphoric acid groups is 2. The van der Waals surface area contributed by atoms with Gasteiger partial charge in [-0.1, -0.05) is 0 Å². The van der Waals surface area contributed by atoms with Gasteiger partial charge in [0.05, 0.1) is 25.9 Å². The third-order valence-corrected chi connectivity index (χ3v) is 9.78. The maximum atomic E-state index is 12.9. The van der Waals surface area contributed by atoms with Gasteiger partial charge in [0, 0.05) is 0 Å². The summed E-state index contributed by atoms with van der Waals surface area (Å²) in [6.45, 7) is -1.82. The molecule has 0 bridgehead atoms. The number of hydrogen-bond acceptors (Lipinski definition) is 19. The fourth-order valence-electron chi connectivity index (χ4n) is 5.06. The highest BCUT2D eigenvalue weighted by Crippen LogP contribution is 2.62. The van der Waals surface area contributed by atoms with Crippen LogP contribution >= 0.6 is 15.6 Å². The molecule has 2 fully saturated rings. The Morgan fingerprint density at radius 1 is 0.830 bits per heavy atom. The van der Waals surface area contributed by atoms with Crippen LogP contribution in [0.3, 0.4) is 0 Å². The first-order valence-electron chi connectivity index (χ1n) is 13.2. The maximum absolute atomic E-state index is 12.9. The molecule has 0 amide bonds. The molecule has 12 N–H and O–H groups in total. The van der Waals surface area contributed by atoms with Crippen molar-refractivity contribution in [1.29, 1.82) is 0 Å². The first-order valence-corrected chi connectivity index (χ1v) is 16.2. The van der Waals surface area contributed by atoms with Gasteiger partial charge in [-0.15, -0.1) is 0 Å². The Morgan fingerprint density at radius 2 is 1.36 bits per heavy atom. The maximum Gasteiger partial charge on any atom is 0.481 e. The molecule has 47 heavy (non-hydrogen) atoms. The number of nitrogen functional groups attached to an aromatic ring is 2. The average molecular weight is 708 g/mol. The number of aromatic amines is 2. The summed E-state index contributed by atoms with van der Waals surface area (Å²) in [5.41, 5.74) is 8.97. The van der Waals surface area contributed by atoms with Crippen LogP contribution in [0.1, 0.15) is 12.5 Å². The van der Waals surface area contributed by atoms with E-state index in [0.717, 1.165) is 21.8 Å². The van der Waals surface area contributed by atoms with Gasteiger partial charge < -0.3 is 51.2 Å². The molecule has 2 aliphatic rings. The number of nitrogens with two attached hydrogens (primary N) is 2. The van der Waals surface area contributed by atoms with Gasteiger partial charge in [0.1, 0.15) is 36.6 Å². The highest BCUT2D eigenvalue weighted by Gasteiger charge is 2.51. The van der Waals surface area contributed by atoms with Crippen molar-refractivity contribution in [3.05, 3.63) is 33.4 Å². The van der Waals surface area contributed by atoms with Crippen LogP contribution in [-0.2, 0) is 32.0 Å². The lowest BCUT2D eigenvalue weighted by Gasteiger charge is -2.25. The van der Waals surface area contributed by atoms with Crippen LogP contribution in [0.15, 0.2) is 22.2 Å². The van der Waals surface area contributed by atoms with Crippen molar-refractivity contribution in [2.45, 2.75) is 49.1 Å². The zero-order chi connectivity index (χ0) is 34.0. The third kappa shape index (κ3) is 6.20. The van der Waals surface area contributed by atoms with Gasteiger partial charge in [-0.05, 0) is 0 Å². The normalized spacial score (nSPS) is 30.6. The van der Waals surface area contributed by atoms with E-state index in [1.165, 1.54) is 0 Å². The van der Waals surface area contributed by atoms with Gasteiger partial charge in [0.15, 0.2) is 34.8 Å². The van der Waals surface area contributed by atoms with Gasteiger partial charge in [-0.25, -0.2) is 19.1 Å². The molecule has 0 aliphatic carbocycles. The summed E-state index contributed by atoms with van der Waals surface area (Å²) in [6.07, 6.45) is -11.2. The Bertz CT molecular complexity index is 2030. The Morgan fingerprint density at radius 3 is 1.91 bits per heavy atom. The minimum absolute atomic E-state index is 0.117. The molecule has 6 heterocycles. The Labute approximate surface area is 258 Å². The Kier molecular flexibility index (Phi) is 8.54. The zero-order valence-electron chi connectivity index (χ0n) is 23.3. The molecule has 4 aromatic rings. The number of imidazole rings is 2. The van der Waals surface area contributed by atoms with E-state index in [1.54, 1.807) is 0 Å². The second-order valence-electron chi connectivity index (χ2n) is 10.2. The summed E-state index contributed by atoms with van der Waals surface area (Å²) in [6, 6.07) is 0. The van der Waals surface area contributed by atoms with E-state index >= 15 is 0 Å². The topological polar surface area (TPSA) is 381 Å². The lowest BCUT2D eigenvalue weighted by molar-refractivity contribution is -0.0529. The van der Waals surface area contributed by atoms with E-state index in [0.29, 0.717) is 0 Å². The van der Waals surface area contributed by atoms with E-state index < -0.39 is 89.1 Å². The largest absolute Gasteiger partial charge is 0.481 e. The van der Waals surface area contributed by atoms with Gasteiger partial charge in [-0.3, -0.25) is 37.7 Å². The van der Waals surface area contributed by atoms with Crippen LogP contribution < -0.4 is 22.6 Å². The lowest BCUT2D eigenvalue weighted by atomic mass is 10.1. The summed E-state index contributed by atoms with van der Waals surface area (Å²) < 4.78 is 52.8. The molecule has 10 atom stereocenters. The lowest BCUT2D eigenvalue weighted by Crippen LogP contribution is -2.35. The van der Waals surface area contributed by atoms with Gasteiger partial charge in [0.2, 0.25) is 11.9 Å². The summed E-state index contributed by atoms with van der Waals surface area (Å²) in [4.78, 5) is 64.9. The number of nitrogens with one attached hydrogen (secondary N) is 2. The first kappa shape index (κ1) is 33.2. The molecule has 0 saturated carbocycles. The quantitative estimate of drug-likeness (QED) is 0.0700. The molecular weight excluding hydrogens is 682 g/mol. The molecule has 0 radical (unpaired) electrons. The van der Waals surface area contributed by atoms with Crippen molar-refractivity contribution >= 4 is 49.9 Å². The molecular formula is C20H26N10O15P2. The third-order valence-electron chi connectivity index (χ3n) is 7.14.